The Labute approximate surface area is 95.6 Å². The number of hydrogen-bond donors (Lipinski definition) is 2. The fraction of sp³-hybridized carbons (Fsp3) is 0.455. The Balaban J connectivity index is 2.73. The van der Waals surface area contributed by atoms with Crippen LogP contribution in [-0.2, 0) is 0 Å². The van der Waals surface area contributed by atoms with Gasteiger partial charge in [0.05, 0.1) is 12.1 Å². The summed E-state index contributed by atoms with van der Waals surface area (Å²) in [6.45, 7) is 0.894. The summed E-state index contributed by atoms with van der Waals surface area (Å²) < 4.78 is 5.08. The smallest absolute Gasteiger partial charge is 0.137 e. The molecule has 84 valence electrons. The maximum Gasteiger partial charge on any atom is 0.137 e. The maximum atomic E-state index is 6.01. The Kier molecular flexibility index (Phi) is 4.88. The molecule has 0 amide bonds. The molecule has 3 nitrogen and oxygen atoms in total. The number of rotatable bonds is 5. The van der Waals surface area contributed by atoms with Crippen molar-refractivity contribution in [2.45, 2.75) is 12.5 Å². The van der Waals surface area contributed by atoms with E-state index in [1.807, 2.05) is 25.2 Å². The minimum Gasteiger partial charge on any atom is -0.495 e. The van der Waals surface area contributed by atoms with E-state index >= 15 is 0 Å². The fourth-order valence-corrected chi connectivity index (χ4v) is 1.65. The Morgan fingerprint density at radius 1 is 1.53 bits per heavy atom. The first-order valence-corrected chi connectivity index (χ1v) is 5.30. The van der Waals surface area contributed by atoms with E-state index in [-0.39, 0.29) is 6.04 Å². The van der Waals surface area contributed by atoms with Crippen LogP contribution in [0, 0.1) is 0 Å². The fourth-order valence-electron chi connectivity index (χ4n) is 1.38. The minimum absolute atomic E-state index is 0.0147. The Morgan fingerprint density at radius 2 is 2.27 bits per heavy atom. The molecule has 4 heteroatoms. The molecule has 3 N–H and O–H groups in total. The molecule has 1 unspecified atom stereocenters. The van der Waals surface area contributed by atoms with Gasteiger partial charge in [0.15, 0.2) is 0 Å². The van der Waals surface area contributed by atoms with Crippen LogP contribution in [-0.4, -0.2) is 20.7 Å². The molecule has 0 aliphatic carbocycles. The van der Waals surface area contributed by atoms with Crippen LogP contribution in [0.15, 0.2) is 18.2 Å². The monoisotopic (exact) mass is 228 g/mol. The van der Waals surface area contributed by atoms with Gasteiger partial charge in [0.2, 0.25) is 0 Å². The molecule has 0 saturated heterocycles. The van der Waals surface area contributed by atoms with Gasteiger partial charge in [-0.1, -0.05) is 17.7 Å². The lowest BCUT2D eigenvalue weighted by molar-refractivity contribution is 0.414. The van der Waals surface area contributed by atoms with Gasteiger partial charge in [-0.3, -0.25) is 0 Å². The van der Waals surface area contributed by atoms with E-state index in [2.05, 4.69) is 5.32 Å². The molecule has 0 aliphatic rings. The van der Waals surface area contributed by atoms with Gasteiger partial charge in [-0.25, -0.2) is 0 Å². The Hall–Kier alpha value is -0.770. The molecular weight excluding hydrogens is 212 g/mol. The quantitative estimate of drug-likeness (QED) is 0.810. The second-order valence-corrected chi connectivity index (χ2v) is 3.80. The molecule has 1 rings (SSSR count). The normalized spacial score (nSPS) is 12.5. The van der Waals surface area contributed by atoms with Crippen molar-refractivity contribution in [3.8, 4) is 5.75 Å². The molecule has 0 radical (unpaired) electrons. The van der Waals surface area contributed by atoms with Crippen molar-refractivity contribution < 1.29 is 4.74 Å². The van der Waals surface area contributed by atoms with E-state index < -0.39 is 0 Å². The molecular formula is C11H17ClN2O. The third kappa shape index (κ3) is 3.38. The summed E-state index contributed by atoms with van der Waals surface area (Å²) >= 11 is 6.01. The van der Waals surface area contributed by atoms with Gasteiger partial charge >= 0.3 is 0 Å². The second-order valence-electron chi connectivity index (χ2n) is 3.39. The molecule has 15 heavy (non-hydrogen) atoms. The van der Waals surface area contributed by atoms with Crippen molar-refractivity contribution in [1.29, 1.82) is 0 Å². The van der Waals surface area contributed by atoms with Crippen LogP contribution in [0.1, 0.15) is 18.0 Å². The topological polar surface area (TPSA) is 47.3 Å². The van der Waals surface area contributed by atoms with E-state index in [4.69, 9.17) is 22.1 Å². The molecule has 1 atom stereocenters. The zero-order valence-electron chi connectivity index (χ0n) is 9.09. The summed E-state index contributed by atoms with van der Waals surface area (Å²) in [5.41, 5.74) is 7.04. The summed E-state index contributed by atoms with van der Waals surface area (Å²) in [6, 6.07) is 5.67. The number of methoxy groups -OCH3 is 1. The molecule has 1 aromatic rings. The number of hydrogen-bond acceptors (Lipinski definition) is 3. The van der Waals surface area contributed by atoms with Gasteiger partial charge < -0.3 is 15.8 Å². The number of nitrogens with one attached hydrogen (secondary N) is 1. The van der Waals surface area contributed by atoms with Crippen LogP contribution in [0.3, 0.4) is 0 Å². The average Bonchev–Trinajstić information content (AvgIpc) is 2.25. The predicted octanol–water partition coefficient (Wildman–Crippen LogP) is 1.96. The van der Waals surface area contributed by atoms with Crippen molar-refractivity contribution in [1.82, 2.24) is 5.32 Å². The number of halogens is 1. The van der Waals surface area contributed by atoms with E-state index in [1.165, 1.54) is 0 Å². The van der Waals surface area contributed by atoms with Crippen LogP contribution in [0.5, 0.6) is 5.75 Å². The first-order valence-electron chi connectivity index (χ1n) is 4.92. The summed E-state index contributed by atoms with van der Waals surface area (Å²) in [5.74, 6) is 0.682. The summed E-state index contributed by atoms with van der Waals surface area (Å²) in [5, 5.41) is 3.67. The van der Waals surface area contributed by atoms with Crippen molar-refractivity contribution >= 4 is 11.6 Å². The third-order valence-electron chi connectivity index (χ3n) is 2.31. The number of nitrogens with two attached hydrogens (primary N) is 1. The standard InChI is InChI=1S/C11H17ClN2O/c1-14-6-5-10(13)8-3-4-11(15-2)9(12)7-8/h3-4,7,10,14H,5-6,13H2,1-2H3. The lowest BCUT2D eigenvalue weighted by Crippen LogP contribution is -2.17. The van der Waals surface area contributed by atoms with Crippen molar-refractivity contribution in [2.75, 3.05) is 20.7 Å². The number of benzene rings is 1. The molecule has 1 aromatic carbocycles. The minimum atomic E-state index is 0.0147. The van der Waals surface area contributed by atoms with Gasteiger partial charge in [-0.15, -0.1) is 0 Å². The molecule has 0 saturated carbocycles. The highest BCUT2D eigenvalue weighted by Gasteiger charge is 2.08. The Bertz CT molecular complexity index is 317. The summed E-state index contributed by atoms with van der Waals surface area (Å²) in [4.78, 5) is 0. The van der Waals surface area contributed by atoms with Crippen LogP contribution in [0.4, 0.5) is 0 Å². The molecule has 0 heterocycles. The van der Waals surface area contributed by atoms with Crippen LogP contribution in [0.2, 0.25) is 5.02 Å². The van der Waals surface area contributed by atoms with Crippen LogP contribution in [0.25, 0.3) is 0 Å². The highest BCUT2D eigenvalue weighted by Crippen LogP contribution is 2.27. The highest BCUT2D eigenvalue weighted by molar-refractivity contribution is 6.32. The largest absolute Gasteiger partial charge is 0.495 e. The summed E-state index contributed by atoms with van der Waals surface area (Å²) in [7, 11) is 3.51. The second kappa shape index (κ2) is 5.95. The van der Waals surface area contributed by atoms with Gasteiger partial charge in [0.25, 0.3) is 0 Å². The van der Waals surface area contributed by atoms with E-state index in [0.29, 0.717) is 10.8 Å². The van der Waals surface area contributed by atoms with Crippen molar-refractivity contribution in [3.05, 3.63) is 28.8 Å². The molecule has 0 aromatic heterocycles. The van der Waals surface area contributed by atoms with Crippen molar-refractivity contribution in [3.63, 3.8) is 0 Å². The van der Waals surface area contributed by atoms with Crippen LogP contribution < -0.4 is 15.8 Å². The first-order chi connectivity index (χ1) is 7.19. The lowest BCUT2D eigenvalue weighted by atomic mass is 10.0. The van der Waals surface area contributed by atoms with Gasteiger partial charge in [0, 0.05) is 6.04 Å². The highest BCUT2D eigenvalue weighted by atomic mass is 35.5. The SMILES string of the molecule is CNCCC(N)c1ccc(OC)c(Cl)c1. The predicted molar refractivity (Wildman–Crippen MR) is 63.5 cm³/mol. The van der Waals surface area contributed by atoms with Gasteiger partial charge in [-0.2, -0.15) is 0 Å². The first kappa shape index (κ1) is 12.3. The lowest BCUT2D eigenvalue weighted by Gasteiger charge is -2.13. The zero-order valence-corrected chi connectivity index (χ0v) is 9.84. The Morgan fingerprint density at radius 3 is 2.80 bits per heavy atom. The van der Waals surface area contributed by atoms with Gasteiger partial charge in [-0.05, 0) is 37.7 Å². The third-order valence-corrected chi connectivity index (χ3v) is 2.60. The molecule has 0 spiro atoms. The van der Waals surface area contributed by atoms with Crippen LogP contribution >= 0.6 is 11.6 Å². The molecule has 0 bridgehead atoms. The van der Waals surface area contributed by atoms with Gasteiger partial charge in [0.1, 0.15) is 5.75 Å². The zero-order chi connectivity index (χ0) is 11.3. The van der Waals surface area contributed by atoms with E-state index in [0.717, 1.165) is 18.5 Å². The molecule has 0 fully saturated rings. The van der Waals surface area contributed by atoms with E-state index in [9.17, 15) is 0 Å². The average molecular weight is 229 g/mol. The summed E-state index contributed by atoms with van der Waals surface area (Å²) in [6.07, 6.45) is 0.888. The molecule has 0 aliphatic heterocycles. The number of ether oxygens (including phenoxy) is 1. The van der Waals surface area contributed by atoms with E-state index in [1.54, 1.807) is 7.11 Å². The maximum absolute atomic E-state index is 6.01. The van der Waals surface area contributed by atoms with Crippen molar-refractivity contribution in [2.24, 2.45) is 5.73 Å².